The molecule has 5 nitrogen and oxygen atoms in total. The molecule has 0 fully saturated rings. The van der Waals surface area contributed by atoms with Crippen molar-refractivity contribution in [1.82, 2.24) is 10.3 Å². The molecule has 1 aromatic heterocycles. The number of thiazole rings is 1. The number of aliphatic carboxylic acids is 1. The molecule has 0 aliphatic heterocycles. The molecule has 0 saturated carbocycles. The van der Waals surface area contributed by atoms with Gasteiger partial charge in [0.1, 0.15) is 5.25 Å². The Balaban J connectivity index is 1.74. The van der Waals surface area contributed by atoms with Gasteiger partial charge in [-0.1, -0.05) is 72.4 Å². The number of hydrogen-bond donors (Lipinski definition) is 2. The van der Waals surface area contributed by atoms with Crippen molar-refractivity contribution in [1.29, 1.82) is 0 Å². The number of amides is 1. The van der Waals surface area contributed by atoms with E-state index in [9.17, 15) is 9.59 Å². The van der Waals surface area contributed by atoms with Crippen molar-refractivity contribution in [3.63, 3.8) is 0 Å². The van der Waals surface area contributed by atoms with Crippen molar-refractivity contribution < 1.29 is 14.7 Å². The number of hydrogen-bond acceptors (Lipinski definition) is 5. The number of nitrogens with zero attached hydrogens (tertiary/aromatic N) is 1. The van der Waals surface area contributed by atoms with Crippen LogP contribution in [0.5, 0.6) is 0 Å². The molecule has 0 radical (unpaired) electrons. The number of rotatable bonds is 8. The molecule has 1 unspecified atom stereocenters. The molecule has 3 rings (SSSR count). The van der Waals surface area contributed by atoms with Gasteiger partial charge in [0.15, 0.2) is 4.34 Å². The zero-order valence-electron chi connectivity index (χ0n) is 14.4. The summed E-state index contributed by atoms with van der Waals surface area (Å²) in [6.07, 6.45) is -0.118. The van der Waals surface area contributed by atoms with E-state index in [1.807, 2.05) is 60.7 Å². The van der Waals surface area contributed by atoms with E-state index >= 15 is 0 Å². The number of thioether (sulfide) groups is 1. The maximum atomic E-state index is 12.9. The summed E-state index contributed by atoms with van der Waals surface area (Å²) in [5, 5.41) is 13.1. The van der Waals surface area contributed by atoms with Crippen LogP contribution in [0.2, 0.25) is 0 Å². The van der Waals surface area contributed by atoms with Gasteiger partial charge in [-0.25, -0.2) is 4.98 Å². The molecule has 2 N–H and O–H groups in total. The number of benzene rings is 2. The van der Waals surface area contributed by atoms with Crippen LogP contribution in [0.4, 0.5) is 0 Å². The lowest BCUT2D eigenvalue weighted by Gasteiger charge is -2.16. The van der Waals surface area contributed by atoms with Crippen LogP contribution in [-0.2, 0) is 22.6 Å². The summed E-state index contributed by atoms with van der Waals surface area (Å²) in [7, 11) is 0. The molecule has 3 aromatic rings. The Bertz CT molecular complexity index is 898. The van der Waals surface area contributed by atoms with Gasteiger partial charge in [0.25, 0.3) is 0 Å². The van der Waals surface area contributed by atoms with Gasteiger partial charge < -0.3 is 10.4 Å². The van der Waals surface area contributed by atoms with Crippen LogP contribution in [0.3, 0.4) is 0 Å². The summed E-state index contributed by atoms with van der Waals surface area (Å²) in [5.74, 6) is -1.03. The molecule has 0 spiro atoms. The van der Waals surface area contributed by atoms with Gasteiger partial charge in [-0.15, -0.1) is 11.3 Å². The van der Waals surface area contributed by atoms with Crippen LogP contribution >= 0.6 is 23.1 Å². The third kappa shape index (κ3) is 5.67. The van der Waals surface area contributed by atoms with Crippen molar-refractivity contribution in [2.75, 3.05) is 0 Å². The van der Waals surface area contributed by atoms with Crippen molar-refractivity contribution in [3.05, 3.63) is 82.9 Å². The third-order valence-corrected chi connectivity index (χ3v) is 6.01. The zero-order chi connectivity index (χ0) is 19.1. The predicted octanol–water partition coefficient (Wildman–Crippen LogP) is 3.92. The summed E-state index contributed by atoms with van der Waals surface area (Å²) in [6.45, 7) is 0.450. The first-order valence-electron chi connectivity index (χ1n) is 8.31. The Morgan fingerprint density at radius 2 is 1.74 bits per heavy atom. The minimum Gasteiger partial charge on any atom is -0.481 e. The van der Waals surface area contributed by atoms with Gasteiger partial charge >= 0.3 is 5.97 Å². The number of carbonyl (C=O) groups excluding carboxylic acids is 1. The summed E-state index contributed by atoms with van der Waals surface area (Å²) < 4.78 is 0.676. The number of carboxylic acid groups (broad SMARTS) is 1. The molecule has 0 aliphatic rings. The van der Waals surface area contributed by atoms with Gasteiger partial charge in [-0.05, 0) is 11.1 Å². The Morgan fingerprint density at radius 1 is 1.07 bits per heavy atom. The summed E-state index contributed by atoms with van der Waals surface area (Å²) in [4.78, 5) is 28.0. The normalized spacial score (nSPS) is 11.7. The fourth-order valence-corrected chi connectivity index (χ4v) is 4.51. The SMILES string of the molecule is O=C(O)Cc1csc(SC(C(=O)NCc2ccccc2)c2ccccc2)n1. The first-order chi connectivity index (χ1) is 13.1. The Labute approximate surface area is 165 Å². The lowest BCUT2D eigenvalue weighted by atomic mass is 10.1. The van der Waals surface area contributed by atoms with Gasteiger partial charge in [0.05, 0.1) is 12.1 Å². The fourth-order valence-electron chi connectivity index (χ4n) is 2.46. The Hall–Kier alpha value is -2.64. The van der Waals surface area contributed by atoms with E-state index in [2.05, 4.69) is 10.3 Å². The second-order valence-electron chi connectivity index (χ2n) is 5.79. The van der Waals surface area contributed by atoms with Crippen LogP contribution in [0.25, 0.3) is 0 Å². The van der Waals surface area contributed by atoms with Crippen LogP contribution in [0.15, 0.2) is 70.4 Å². The molecular formula is C20H18N2O3S2. The van der Waals surface area contributed by atoms with Gasteiger partial charge in [0.2, 0.25) is 5.91 Å². The molecule has 2 aromatic carbocycles. The summed E-state index contributed by atoms with van der Waals surface area (Å²) >= 11 is 2.69. The van der Waals surface area contributed by atoms with Crippen molar-refractivity contribution in [2.45, 2.75) is 22.6 Å². The van der Waals surface area contributed by atoms with Gasteiger partial charge in [0, 0.05) is 11.9 Å². The first-order valence-corrected chi connectivity index (χ1v) is 10.1. The molecule has 1 heterocycles. The van der Waals surface area contributed by atoms with E-state index in [1.165, 1.54) is 23.1 Å². The molecule has 27 heavy (non-hydrogen) atoms. The topological polar surface area (TPSA) is 79.3 Å². The van der Waals surface area contributed by atoms with E-state index in [4.69, 9.17) is 5.11 Å². The van der Waals surface area contributed by atoms with Crippen molar-refractivity contribution in [3.8, 4) is 0 Å². The highest BCUT2D eigenvalue weighted by Gasteiger charge is 2.23. The Kier molecular flexibility index (Phi) is 6.62. The maximum Gasteiger partial charge on any atom is 0.309 e. The zero-order valence-corrected chi connectivity index (χ0v) is 16.0. The largest absolute Gasteiger partial charge is 0.481 e. The molecule has 0 saturated heterocycles. The van der Waals surface area contributed by atoms with Crippen LogP contribution in [-0.4, -0.2) is 22.0 Å². The van der Waals surface area contributed by atoms with Gasteiger partial charge in [-0.3, -0.25) is 9.59 Å². The van der Waals surface area contributed by atoms with Crippen LogP contribution < -0.4 is 5.32 Å². The monoisotopic (exact) mass is 398 g/mol. The molecule has 0 bridgehead atoms. The number of nitrogens with one attached hydrogen (secondary N) is 1. The standard InChI is InChI=1S/C20H18N2O3S2/c23-17(24)11-16-13-26-20(22-16)27-18(15-9-5-2-6-10-15)19(25)21-12-14-7-3-1-4-8-14/h1-10,13,18H,11-12H2,(H,21,25)(H,23,24). The second kappa shape index (κ2) is 9.34. The summed E-state index contributed by atoms with van der Waals surface area (Å²) in [6, 6.07) is 19.2. The van der Waals surface area contributed by atoms with Crippen LogP contribution in [0, 0.1) is 0 Å². The average Bonchev–Trinajstić information content (AvgIpc) is 3.12. The lowest BCUT2D eigenvalue weighted by molar-refractivity contribution is -0.136. The van der Waals surface area contributed by atoms with Gasteiger partial charge in [-0.2, -0.15) is 0 Å². The smallest absolute Gasteiger partial charge is 0.309 e. The van der Waals surface area contributed by atoms with E-state index < -0.39 is 11.2 Å². The highest BCUT2D eigenvalue weighted by Crippen LogP contribution is 2.37. The molecule has 7 heteroatoms. The number of aromatic nitrogens is 1. The van der Waals surface area contributed by atoms with E-state index in [-0.39, 0.29) is 12.3 Å². The highest BCUT2D eigenvalue weighted by molar-refractivity contribution is 8.01. The quantitative estimate of drug-likeness (QED) is 0.562. The van der Waals surface area contributed by atoms with E-state index in [1.54, 1.807) is 5.38 Å². The van der Waals surface area contributed by atoms with E-state index in [0.717, 1.165) is 11.1 Å². The predicted molar refractivity (Wildman–Crippen MR) is 107 cm³/mol. The maximum absolute atomic E-state index is 12.9. The molecule has 138 valence electrons. The minimum atomic E-state index is -0.919. The second-order valence-corrected chi connectivity index (χ2v) is 8.00. The fraction of sp³-hybridized carbons (Fsp3) is 0.150. The van der Waals surface area contributed by atoms with Crippen molar-refractivity contribution >= 4 is 35.0 Å². The molecule has 1 atom stereocenters. The van der Waals surface area contributed by atoms with Crippen molar-refractivity contribution in [2.24, 2.45) is 0 Å². The lowest BCUT2D eigenvalue weighted by Crippen LogP contribution is -2.27. The number of carboxylic acids is 1. The molecule has 0 aliphatic carbocycles. The first kappa shape index (κ1) is 19.1. The van der Waals surface area contributed by atoms with Crippen LogP contribution in [0.1, 0.15) is 22.1 Å². The molecule has 1 amide bonds. The number of carbonyl (C=O) groups is 2. The van der Waals surface area contributed by atoms with E-state index in [0.29, 0.717) is 16.6 Å². The average molecular weight is 399 g/mol. The Morgan fingerprint density at radius 3 is 2.41 bits per heavy atom. The molecular weight excluding hydrogens is 380 g/mol. The summed E-state index contributed by atoms with van der Waals surface area (Å²) in [5.41, 5.74) is 2.41. The minimum absolute atomic E-state index is 0.106. The highest BCUT2D eigenvalue weighted by atomic mass is 32.2. The third-order valence-electron chi connectivity index (χ3n) is 3.73.